The van der Waals surface area contributed by atoms with Gasteiger partial charge in [-0.2, -0.15) is 4.58 Å². The SMILES string of the molecule is CC1=[N+](c2ccccc2)C(C(=O)O)CS1.[Br-]. The molecule has 16 heavy (non-hydrogen) atoms. The van der Waals surface area contributed by atoms with E-state index in [2.05, 4.69) is 0 Å². The van der Waals surface area contributed by atoms with Crippen LogP contribution in [0.25, 0.3) is 0 Å². The Kier molecular flexibility index (Phi) is 4.56. The number of benzene rings is 1. The molecule has 1 atom stereocenters. The van der Waals surface area contributed by atoms with Crippen LogP contribution in [-0.4, -0.2) is 32.5 Å². The number of carboxylic acid groups (broad SMARTS) is 1. The molecule has 0 aromatic heterocycles. The van der Waals surface area contributed by atoms with E-state index in [1.807, 2.05) is 41.8 Å². The highest BCUT2D eigenvalue weighted by Gasteiger charge is 2.38. The van der Waals surface area contributed by atoms with E-state index >= 15 is 0 Å². The van der Waals surface area contributed by atoms with Crippen molar-refractivity contribution in [3.63, 3.8) is 0 Å². The lowest BCUT2D eigenvalue weighted by atomic mass is 10.2. The molecule has 0 fully saturated rings. The molecule has 1 heterocycles. The summed E-state index contributed by atoms with van der Waals surface area (Å²) < 4.78 is 1.88. The molecule has 1 aromatic carbocycles. The molecule has 0 bridgehead atoms. The fraction of sp³-hybridized carbons (Fsp3) is 0.273. The van der Waals surface area contributed by atoms with E-state index < -0.39 is 12.0 Å². The van der Waals surface area contributed by atoms with E-state index in [4.69, 9.17) is 5.11 Å². The van der Waals surface area contributed by atoms with E-state index in [-0.39, 0.29) is 17.0 Å². The van der Waals surface area contributed by atoms with Gasteiger partial charge in [0.15, 0.2) is 0 Å². The summed E-state index contributed by atoms with van der Waals surface area (Å²) in [6, 6.07) is 9.21. The van der Waals surface area contributed by atoms with Crippen molar-refractivity contribution in [2.45, 2.75) is 13.0 Å². The average molecular weight is 302 g/mol. The van der Waals surface area contributed by atoms with Gasteiger partial charge in [-0.3, -0.25) is 0 Å². The van der Waals surface area contributed by atoms with Crippen molar-refractivity contribution in [2.75, 3.05) is 5.75 Å². The average Bonchev–Trinajstić information content (AvgIpc) is 2.61. The first kappa shape index (κ1) is 13.3. The molecular weight excluding hydrogens is 290 g/mol. The van der Waals surface area contributed by atoms with Crippen LogP contribution in [0.2, 0.25) is 0 Å². The first-order chi connectivity index (χ1) is 7.20. The van der Waals surface area contributed by atoms with E-state index in [0.717, 1.165) is 10.7 Å². The van der Waals surface area contributed by atoms with Gasteiger partial charge < -0.3 is 22.1 Å². The molecule has 2 rings (SSSR count). The van der Waals surface area contributed by atoms with Gasteiger partial charge in [-0.1, -0.05) is 30.0 Å². The van der Waals surface area contributed by atoms with Crippen molar-refractivity contribution in [1.82, 2.24) is 0 Å². The van der Waals surface area contributed by atoms with Gasteiger partial charge in [0.1, 0.15) is 0 Å². The first-order valence-electron chi connectivity index (χ1n) is 4.73. The van der Waals surface area contributed by atoms with E-state index in [1.54, 1.807) is 11.8 Å². The highest BCUT2D eigenvalue weighted by molar-refractivity contribution is 8.13. The summed E-state index contributed by atoms with van der Waals surface area (Å²) >= 11 is 1.60. The highest BCUT2D eigenvalue weighted by Crippen LogP contribution is 2.25. The minimum absolute atomic E-state index is 0. The Morgan fingerprint density at radius 2 is 2.06 bits per heavy atom. The van der Waals surface area contributed by atoms with Crippen molar-refractivity contribution < 1.29 is 31.5 Å². The minimum atomic E-state index is -0.761. The number of thioether (sulfide) groups is 1. The molecular formula is C11H12BrNO2S. The summed E-state index contributed by atoms with van der Waals surface area (Å²) in [4.78, 5) is 11.1. The van der Waals surface area contributed by atoms with Gasteiger partial charge in [0.05, 0.1) is 5.75 Å². The lowest BCUT2D eigenvalue weighted by molar-refractivity contribution is -0.461. The number of hydrogen-bond acceptors (Lipinski definition) is 2. The van der Waals surface area contributed by atoms with Crippen LogP contribution in [0.5, 0.6) is 0 Å². The molecule has 1 aliphatic rings. The molecule has 5 heteroatoms. The van der Waals surface area contributed by atoms with Crippen molar-refractivity contribution in [3.05, 3.63) is 30.3 Å². The number of carboxylic acids is 1. The monoisotopic (exact) mass is 301 g/mol. The summed E-state index contributed by atoms with van der Waals surface area (Å²) in [5.74, 6) is -0.140. The van der Waals surface area contributed by atoms with Crippen molar-refractivity contribution >= 4 is 28.5 Å². The van der Waals surface area contributed by atoms with Crippen LogP contribution in [-0.2, 0) is 4.79 Å². The van der Waals surface area contributed by atoms with Crippen LogP contribution >= 0.6 is 11.8 Å². The number of nitrogens with zero attached hydrogens (tertiary/aromatic N) is 1. The molecule has 0 amide bonds. The lowest BCUT2D eigenvalue weighted by Crippen LogP contribution is -3.00. The maximum absolute atomic E-state index is 11.1. The van der Waals surface area contributed by atoms with Crippen LogP contribution in [0.3, 0.4) is 0 Å². The Labute approximate surface area is 109 Å². The van der Waals surface area contributed by atoms with E-state index in [9.17, 15) is 4.79 Å². The van der Waals surface area contributed by atoms with Gasteiger partial charge >= 0.3 is 5.97 Å². The Morgan fingerprint density at radius 1 is 1.44 bits per heavy atom. The summed E-state index contributed by atoms with van der Waals surface area (Å²) in [6.45, 7) is 1.96. The maximum atomic E-state index is 11.1. The van der Waals surface area contributed by atoms with Crippen molar-refractivity contribution in [1.29, 1.82) is 0 Å². The Morgan fingerprint density at radius 3 is 2.62 bits per heavy atom. The number of carbonyl (C=O) groups is 1. The molecule has 86 valence electrons. The summed E-state index contributed by atoms with van der Waals surface area (Å²) in [5.41, 5.74) is 0.951. The smallest absolute Gasteiger partial charge is 0.374 e. The van der Waals surface area contributed by atoms with Gasteiger partial charge in [-0.25, -0.2) is 4.79 Å². The normalized spacial score (nSPS) is 19.4. The second-order valence-corrected chi connectivity index (χ2v) is 4.60. The third-order valence-electron chi connectivity index (χ3n) is 2.42. The number of halogens is 1. The molecule has 1 N–H and O–H groups in total. The standard InChI is InChI=1S/C11H11NO2S.BrH/c1-8-12(9-5-3-2-4-6-9)10(7-15-8)11(13)14;/h2-6,10H,7H2,1H3;1H. The van der Waals surface area contributed by atoms with Gasteiger partial charge in [0, 0.05) is 19.1 Å². The second kappa shape index (κ2) is 5.50. The zero-order chi connectivity index (χ0) is 10.8. The van der Waals surface area contributed by atoms with Gasteiger partial charge in [0.2, 0.25) is 10.7 Å². The summed E-state index contributed by atoms with van der Waals surface area (Å²) in [6.07, 6.45) is 0. The molecule has 1 unspecified atom stereocenters. The van der Waals surface area contributed by atoms with E-state index in [0.29, 0.717) is 5.75 Å². The number of aliphatic carboxylic acids is 1. The Balaban J connectivity index is 0.00000128. The third-order valence-corrected chi connectivity index (χ3v) is 3.52. The topological polar surface area (TPSA) is 40.3 Å². The van der Waals surface area contributed by atoms with Crippen LogP contribution < -0.4 is 17.0 Å². The molecule has 3 nitrogen and oxygen atoms in total. The summed E-state index contributed by atoms with van der Waals surface area (Å²) in [7, 11) is 0. The minimum Gasteiger partial charge on any atom is -1.00 e. The zero-order valence-electron chi connectivity index (χ0n) is 8.76. The quantitative estimate of drug-likeness (QED) is 0.709. The molecule has 0 radical (unpaired) electrons. The zero-order valence-corrected chi connectivity index (χ0v) is 11.2. The van der Waals surface area contributed by atoms with Crippen LogP contribution in [0, 0.1) is 0 Å². The van der Waals surface area contributed by atoms with Gasteiger partial charge in [-0.05, 0) is 0 Å². The second-order valence-electron chi connectivity index (χ2n) is 3.39. The summed E-state index contributed by atoms with van der Waals surface area (Å²) in [5, 5.41) is 10.1. The fourth-order valence-electron chi connectivity index (χ4n) is 1.70. The van der Waals surface area contributed by atoms with Crippen LogP contribution in [0.4, 0.5) is 5.69 Å². The predicted molar refractivity (Wildman–Crippen MR) is 60.9 cm³/mol. The molecule has 0 spiro atoms. The number of hydrogen-bond donors (Lipinski definition) is 1. The molecule has 0 saturated heterocycles. The van der Waals surface area contributed by atoms with Crippen molar-refractivity contribution in [3.8, 4) is 0 Å². The predicted octanol–water partition coefficient (Wildman–Crippen LogP) is -1.05. The first-order valence-corrected chi connectivity index (χ1v) is 5.72. The largest absolute Gasteiger partial charge is 1.00 e. The number of para-hydroxylation sites is 1. The van der Waals surface area contributed by atoms with E-state index in [1.165, 1.54) is 0 Å². The van der Waals surface area contributed by atoms with Crippen LogP contribution in [0.1, 0.15) is 6.92 Å². The Bertz CT molecular complexity index is 419. The molecule has 1 aliphatic heterocycles. The third kappa shape index (κ3) is 2.47. The molecule has 0 saturated carbocycles. The molecule has 0 aliphatic carbocycles. The number of rotatable bonds is 2. The van der Waals surface area contributed by atoms with Gasteiger partial charge in [0.25, 0.3) is 6.04 Å². The van der Waals surface area contributed by atoms with Crippen LogP contribution in [0.15, 0.2) is 30.3 Å². The van der Waals surface area contributed by atoms with Crippen molar-refractivity contribution in [2.24, 2.45) is 0 Å². The lowest BCUT2D eigenvalue weighted by Gasteiger charge is -2.04. The highest BCUT2D eigenvalue weighted by atomic mass is 79.9. The maximum Gasteiger partial charge on any atom is 0.374 e. The van der Waals surface area contributed by atoms with Gasteiger partial charge in [-0.15, -0.1) is 0 Å². The molecule has 1 aromatic rings. The Hall–Kier alpha value is -0.810. The fourth-order valence-corrected chi connectivity index (χ4v) is 2.76.